The van der Waals surface area contributed by atoms with Gasteiger partial charge in [0.25, 0.3) is 11.5 Å². The number of benzene rings is 1. The number of hydrogen-bond acceptors (Lipinski definition) is 6. The highest BCUT2D eigenvalue weighted by Gasteiger charge is 2.23. The SMILES string of the molecule is Cc1oc2ncn(C)c(=O)c2c1C(=O)Nc1ncc(Cc2cccc(Cl)c2Cl)s1. The molecule has 0 atom stereocenters. The van der Waals surface area contributed by atoms with Gasteiger partial charge in [-0.25, -0.2) is 9.97 Å². The van der Waals surface area contributed by atoms with Crippen molar-refractivity contribution in [1.29, 1.82) is 0 Å². The number of rotatable bonds is 4. The van der Waals surface area contributed by atoms with Crippen LogP contribution in [0.2, 0.25) is 10.0 Å². The lowest BCUT2D eigenvalue weighted by Crippen LogP contribution is -2.20. The van der Waals surface area contributed by atoms with Gasteiger partial charge >= 0.3 is 0 Å². The molecule has 1 N–H and O–H groups in total. The number of aromatic nitrogens is 3. The quantitative estimate of drug-likeness (QED) is 0.498. The number of halogens is 2. The predicted molar refractivity (Wildman–Crippen MR) is 113 cm³/mol. The first-order chi connectivity index (χ1) is 13.8. The fourth-order valence-corrected chi connectivity index (χ4v) is 4.16. The van der Waals surface area contributed by atoms with Crippen LogP contribution in [-0.4, -0.2) is 20.4 Å². The van der Waals surface area contributed by atoms with E-state index in [4.69, 9.17) is 27.6 Å². The number of thiazole rings is 1. The molecule has 148 valence electrons. The molecule has 0 aliphatic heterocycles. The van der Waals surface area contributed by atoms with E-state index < -0.39 is 5.91 Å². The second-order valence-electron chi connectivity index (χ2n) is 6.35. The van der Waals surface area contributed by atoms with Crippen LogP contribution in [0.5, 0.6) is 0 Å². The average Bonchev–Trinajstić information content (AvgIpc) is 3.26. The fourth-order valence-electron chi connectivity index (χ4n) is 2.94. The molecular formula is C19H14Cl2N4O3S. The van der Waals surface area contributed by atoms with Gasteiger partial charge in [0.2, 0.25) is 5.71 Å². The average molecular weight is 449 g/mol. The summed E-state index contributed by atoms with van der Waals surface area (Å²) >= 11 is 13.6. The van der Waals surface area contributed by atoms with Crippen LogP contribution < -0.4 is 10.9 Å². The van der Waals surface area contributed by atoms with Gasteiger partial charge in [-0.15, -0.1) is 11.3 Å². The van der Waals surface area contributed by atoms with Crippen LogP contribution >= 0.6 is 34.5 Å². The standard InChI is InChI=1S/C19H14Cl2N4O3S/c1-9-13(14-17(28-9)23-8-25(2)18(14)27)16(26)24-19-22-7-11(29-19)6-10-4-3-5-12(20)15(10)21/h3-5,7-8H,6H2,1-2H3,(H,22,24,26). The fraction of sp³-hybridized carbons (Fsp3) is 0.158. The highest BCUT2D eigenvalue weighted by atomic mass is 35.5. The first-order valence-electron chi connectivity index (χ1n) is 8.49. The molecule has 3 aromatic heterocycles. The minimum Gasteiger partial charge on any atom is -0.442 e. The Morgan fingerprint density at radius 2 is 2.10 bits per heavy atom. The van der Waals surface area contributed by atoms with Crippen molar-refractivity contribution in [1.82, 2.24) is 14.5 Å². The predicted octanol–water partition coefficient (Wildman–Crippen LogP) is 4.44. The molecule has 0 aliphatic rings. The molecular weight excluding hydrogens is 435 g/mol. The number of aryl methyl sites for hydroxylation is 2. The van der Waals surface area contributed by atoms with E-state index in [0.717, 1.165) is 10.4 Å². The van der Waals surface area contributed by atoms with Crippen LogP contribution in [0.4, 0.5) is 5.13 Å². The molecule has 0 fully saturated rings. The molecule has 0 saturated heterocycles. The van der Waals surface area contributed by atoms with Crippen LogP contribution in [-0.2, 0) is 13.5 Å². The van der Waals surface area contributed by atoms with Gasteiger partial charge in [0, 0.05) is 24.5 Å². The second-order valence-corrected chi connectivity index (χ2v) is 8.25. The third-order valence-electron chi connectivity index (χ3n) is 4.35. The van der Waals surface area contributed by atoms with Crippen LogP contribution in [0.3, 0.4) is 0 Å². The highest BCUT2D eigenvalue weighted by molar-refractivity contribution is 7.15. The maximum Gasteiger partial charge on any atom is 0.265 e. The lowest BCUT2D eigenvalue weighted by Gasteiger charge is -2.03. The molecule has 1 amide bonds. The van der Waals surface area contributed by atoms with Crippen molar-refractivity contribution in [2.24, 2.45) is 7.05 Å². The number of amides is 1. The van der Waals surface area contributed by atoms with Crippen molar-refractivity contribution >= 4 is 56.7 Å². The first kappa shape index (κ1) is 19.6. The summed E-state index contributed by atoms with van der Waals surface area (Å²) in [4.78, 5) is 34.5. The summed E-state index contributed by atoms with van der Waals surface area (Å²) in [5.74, 6) is -0.163. The molecule has 7 nitrogen and oxygen atoms in total. The molecule has 29 heavy (non-hydrogen) atoms. The van der Waals surface area contributed by atoms with Gasteiger partial charge in [-0.05, 0) is 18.6 Å². The molecule has 10 heteroatoms. The number of nitrogens with zero attached hydrogens (tertiary/aromatic N) is 3. The van der Waals surface area contributed by atoms with E-state index in [2.05, 4.69) is 15.3 Å². The largest absolute Gasteiger partial charge is 0.442 e. The number of anilines is 1. The molecule has 4 rings (SSSR count). The van der Waals surface area contributed by atoms with Gasteiger partial charge < -0.3 is 8.98 Å². The maximum atomic E-state index is 12.8. The minimum absolute atomic E-state index is 0.131. The number of fused-ring (bicyclic) bond motifs is 1. The molecule has 3 heterocycles. The van der Waals surface area contributed by atoms with Crippen LogP contribution in [0, 0.1) is 6.92 Å². The first-order valence-corrected chi connectivity index (χ1v) is 10.1. The van der Waals surface area contributed by atoms with Crippen molar-refractivity contribution in [3.63, 3.8) is 0 Å². The number of carbonyl (C=O) groups excluding carboxylic acids is 1. The summed E-state index contributed by atoms with van der Waals surface area (Å²) in [6.07, 6.45) is 3.55. The zero-order chi connectivity index (χ0) is 20.7. The highest BCUT2D eigenvalue weighted by Crippen LogP contribution is 2.30. The van der Waals surface area contributed by atoms with Gasteiger partial charge in [-0.2, -0.15) is 0 Å². The molecule has 0 aliphatic carbocycles. The second kappa shape index (κ2) is 7.62. The van der Waals surface area contributed by atoms with Crippen molar-refractivity contribution < 1.29 is 9.21 Å². The number of nitrogens with one attached hydrogen (secondary N) is 1. The Hall–Kier alpha value is -2.68. The topological polar surface area (TPSA) is 90.0 Å². The summed E-state index contributed by atoms with van der Waals surface area (Å²) in [5, 5.41) is 4.26. The van der Waals surface area contributed by atoms with Crippen molar-refractivity contribution in [3.8, 4) is 0 Å². The van der Waals surface area contributed by atoms with Crippen molar-refractivity contribution in [3.05, 3.63) is 72.9 Å². The third kappa shape index (κ3) is 3.66. The Kier molecular flexibility index (Phi) is 5.16. The number of carbonyl (C=O) groups is 1. The van der Waals surface area contributed by atoms with E-state index in [1.807, 2.05) is 12.1 Å². The van der Waals surface area contributed by atoms with Crippen LogP contribution in [0.25, 0.3) is 11.1 Å². The third-order valence-corrected chi connectivity index (χ3v) is 6.12. The molecule has 4 aromatic rings. The van der Waals surface area contributed by atoms with Gasteiger partial charge in [0.15, 0.2) is 5.13 Å². The Morgan fingerprint density at radius 3 is 2.90 bits per heavy atom. The molecule has 0 bridgehead atoms. The minimum atomic E-state index is -0.479. The summed E-state index contributed by atoms with van der Waals surface area (Å²) in [6, 6.07) is 5.44. The van der Waals surface area contributed by atoms with Gasteiger partial charge in [-0.1, -0.05) is 35.3 Å². The monoisotopic (exact) mass is 448 g/mol. The molecule has 1 aromatic carbocycles. The van der Waals surface area contributed by atoms with Gasteiger partial charge in [-0.3, -0.25) is 14.9 Å². The maximum absolute atomic E-state index is 12.8. The Labute approximate surface area is 178 Å². The summed E-state index contributed by atoms with van der Waals surface area (Å²) < 4.78 is 6.77. The van der Waals surface area contributed by atoms with E-state index in [-0.39, 0.29) is 22.2 Å². The van der Waals surface area contributed by atoms with E-state index in [0.29, 0.717) is 27.4 Å². The zero-order valence-electron chi connectivity index (χ0n) is 15.3. The summed E-state index contributed by atoms with van der Waals surface area (Å²) in [6.45, 7) is 1.62. The smallest absolute Gasteiger partial charge is 0.265 e. The zero-order valence-corrected chi connectivity index (χ0v) is 17.7. The lowest BCUT2D eigenvalue weighted by atomic mass is 10.1. The molecule has 0 saturated carbocycles. The Balaban J connectivity index is 1.60. The molecule has 0 unspecified atom stereocenters. The van der Waals surface area contributed by atoms with E-state index in [1.165, 1.54) is 22.2 Å². The van der Waals surface area contributed by atoms with E-state index >= 15 is 0 Å². The van der Waals surface area contributed by atoms with Gasteiger partial charge in [0.05, 0.1) is 15.6 Å². The normalized spacial score (nSPS) is 11.2. The molecule has 0 radical (unpaired) electrons. The van der Waals surface area contributed by atoms with Crippen LogP contribution in [0.15, 0.2) is 39.9 Å². The van der Waals surface area contributed by atoms with Crippen molar-refractivity contribution in [2.75, 3.05) is 5.32 Å². The summed E-state index contributed by atoms with van der Waals surface area (Å²) in [5.41, 5.74) is 0.800. The summed E-state index contributed by atoms with van der Waals surface area (Å²) in [7, 11) is 1.56. The van der Waals surface area contributed by atoms with E-state index in [9.17, 15) is 9.59 Å². The number of furan rings is 1. The number of hydrogen-bond donors (Lipinski definition) is 1. The molecule has 0 spiro atoms. The lowest BCUT2D eigenvalue weighted by molar-refractivity contribution is 0.102. The van der Waals surface area contributed by atoms with Crippen LogP contribution in [0.1, 0.15) is 26.6 Å². The Bertz CT molecular complexity index is 1310. The van der Waals surface area contributed by atoms with Crippen molar-refractivity contribution in [2.45, 2.75) is 13.3 Å². The van der Waals surface area contributed by atoms with E-state index in [1.54, 1.807) is 26.2 Å². The Morgan fingerprint density at radius 1 is 1.31 bits per heavy atom. The van der Waals surface area contributed by atoms with Gasteiger partial charge in [0.1, 0.15) is 17.5 Å².